The van der Waals surface area contributed by atoms with Crippen LogP contribution < -0.4 is 11.3 Å². The maximum absolute atomic E-state index is 12.2. The van der Waals surface area contributed by atoms with Gasteiger partial charge < -0.3 is 10.6 Å². The molecule has 2 aromatic heterocycles. The molecule has 0 aliphatic rings. The van der Waals surface area contributed by atoms with E-state index in [1.807, 2.05) is 17.5 Å². The van der Waals surface area contributed by atoms with E-state index in [1.54, 1.807) is 7.05 Å². The van der Waals surface area contributed by atoms with Crippen molar-refractivity contribution in [2.75, 3.05) is 7.05 Å². The van der Waals surface area contributed by atoms with Gasteiger partial charge in [-0.15, -0.1) is 11.3 Å². The molecule has 0 bridgehead atoms. The number of nitro groups is 1. The Morgan fingerprint density at radius 1 is 1.46 bits per heavy atom. The van der Waals surface area contributed by atoms with Crippen LogP contribution >= 0.6 is 11.3 Å². The van der Waals surface area contributed by atoms with Crippen molar-refractivity contribution in [1.29, 1.82) is 0 Å². The van der Waals surface area contributed by atoms with Gasteiger partial charge in [0.15, 0.2) is 0 Å². The molecule has 126 valence electrons. The molecule has 0 aliphatic carbocycles. The van der Waals surface area contributed by atoms with Crippen LogP contribution in [0.4, 0.5) is 5.69 Å². The molecule has 10 heteroatoms. The van der Waals surface area contributed by atoms with Gasteiger partial charge in [0.25, 0.3) is 17.2 Å². The molecule has 2 amide bonds. The Morgan fingerprint density at radius 2 is 2.17 bits per heavy atom. The van der Waals surface area contributed by atoms with E-state index in [4.69, 9.17) is 5.73 Å². The Bertz CT molecular complexity index is 843. The monoisotopic (exact) mass is 350 g/mol. The summed E-state index contributed by atoms with van der Waals surface area (Å²) in [6, 6.07) is 4.52. The van der Waals surface area contributed by atoms with Gasteiger partial charge in [0.1, 0.15) is 12.1 Å². The minimum absolute atomic E-state index is 0.350. The van der Waals surface area contributed by atoms with Gasteiger partial charge in [0.05, 0.1) is 17.7 Å². The molecule has 0 unspecified atom stereocenters. The summed E-state index contributed by atoms with van der Waals surface area (Å²) in [5.74, 6) is -1.52. The second kappa shape index (κ2) is 7.04. The highest BCUT2D eigenvalue weighted by Gasteiger charge is 2.19. The topological polar surface area (TPSA) is 129 Å². The molecule has 0 atom stereocenters. The zero-order valence-electron chi connectivity index (χ0n) is 12.7. The minimum Gasteiger partial charge on any atom is -0.365 e. The number of carbonyl (C=O) groups is 2. The third-order valence-corrected chi connectivity index (χ3v) is 4.11. The molecule has 24 heavy (non-hydrogen) atoms. The predicted octanol–water partition coefficient (Wildman–Crippen LogP) is 0.576. The molecule has 2 heterocycles. The summed E-state index contributed by atoms with van der Waals surface area (Å²) in [7, 11) is 1.55. The van der Waals surface area contributed by atoms with E-state index >= 15 is 0 Å². The highest BCUT2D eigenvalue weighted by molar-refractivity contribution is 7.09. The van der Waals surface area contributed by atoms with Gasteiger partial charge in [0, 0.05) is 18.0 Å². The fourth-order valence-electron chi connectivity index (χ4n) is 2.00. The van der Waals surface area contributed by atoms with E-state index in [0.717, 1.165) is 21.7 Å². The van der Waals surface area contributed by atoms with Gasteiger partial charge in [-0.3, -0.25) is 29.1 Å². The SMILES string of the molecule is CN(Cc1cccs1)C(=O)Cn1cc([N+](=O)[O-])cc(C(N)=O)c1=O. The number of hydrogen-bond acceptors (Lipinski definition) is 6. The standard InChI is InChI=1S/C14H14N4O5S/c1-16(7-10-3-2-4-24-10)12(19)8-17-6-9(18(22)23)5-11(13(15)20)14(17)21/h2-6H,7-8H2,1H3,(H2,15,20). The molecule has 0 aliphatic heterocycles. The average Bonchev–Trinajstić information content (AvgIpc) is 3.01. The Kier molecular flexibility index (Phi) is 5.09. The van der Waals surface area contributed by atoms with Crippen molar-refractivity contribution in [3.63, 3.8) is 0 Å². The number of primary amides is 1. The van der Waals surface area contributed by atoms with E-state index in [9.17, 15) is 24.5 Å². The van der Waals surface area contributed by atoms with Crippen LogP contribution in [0.3, 0.4) is 0 Å². The van der Waals surface area contributed by atoms with Crippen molar-refractivity contribution in [3.8, 4) is 0 Å². The molecule has 2 rings (SSSR count). The second-order valence-electron chi connectivity index (χ2n) is 5.00. The third-order valence-electron chi connectivity index (χ3n) is 3.25. The van der Waals surface area contributed by atoms with Crippen molar-refractivity contribution in [1.82, 2.24) is 9.47 Å². The third kappa shape index (κ3) is 3.84. The molecule has 0 spiro atoms. The number of carbonyl (C=O) groups excluding carboxylic acids is 2. The number of amides is 2. The summed E-state index contributed by atoms with van der Waals surface area (Å²) in [6.07, 6.45) is 0.922. The van der Waals surface area contributed by atoms with Gasteiger partial charge in [0.2, 0.25) is 5.91 Å². The van der Waals surface area contributed by atoms with Crippen molar-refractivity contribution in [2.45, 2.75) is 13.1 Å². The molecule has 9 nitrogen and oxygen atoms in total. The van der Waals surface area contributed by atoms with Gasteiger partial charge >= 0.3 is 0 Å². The lowest BCUT2D eigenvalue weighted by molar-refractivity contribution is -0.385. The van der Waals surface area contributed by atoms with Crippen molar-refractivity contribution in [2.24, 2.45) is 5.73 Å². The summed E-state index contributed by atoms with van der Waals surface area (Å²) in [5, 5.41) is 12.8. The van der Waals surface area contributed by atoms with E-state index in [-0.39, 0.29) is 0 Å². The molecule has 0 aromatic carbocycles. The molecular weight excluding hydrogens is 336 g/mol. The number of nitrogens with zero attached hydrogens (tertiary/aromatic N) is 3. The molecule has 2 N–H and O–H groups in total. The van der Waals surface area contributed by atoms with Crippen LogP contribution in [0.1, 0.15) is 15.2 Å². The lowest BCUT2D eigenvalue weighted by Crippen LogP contribution is -2.36. The predicted molar refractivity (Wildman–Crippen MR) is 86.7 cm³/mol. The van der Waals surface area contributed by atoms with Crippen LogP contribution in [0.5, 0.6) is 0 Å². The van der Waals surface area contributed by atoms with E-state index in [1.165, 1.54) is 16.2 Å². The lowest BCUT2D eigenvalue weighted by Gasteiger charge is -2.17. The number of hydrogen-bond donors (Lipinski definition) is 1. The zero-order chi connectivity index (χ0) is 17.9. The van der Waals surface area contributed by atoms with Crippen LogP contribution in [-0.4, -0.2) is 33.3 Å². The molecular formula is C14H14N4O5S. The first-order valence-electron chi connectivity index (χ1n) is 6.74. The second-order valence-corrected chi connectivity index (χ2v) is 6.03. The summed E-state index contributed by atoms with van der Waals surface area (Å²) in [6.45, 7) is -0.0779. The number of nitrogens with two attached hydrogens (primary N) is 1. The zero-order valence-corrected chi connectivity index (χ0v) is 13.5. The summed E-state index contributed by atoms with van der Waals surface area (Å²) >= 11 is 1.48. The van der Waals surface area contributed by atoms with E-state index in [2.05, 4.69) is 0 Å². The number of aromatic nitrogens is 1. The van der Waals surface area contributed by atoms with E-state index in [0.29, 0.717) is 6.54 Å². The van der Waals surface area contributed by atoms with Gasteiger partial charge in [-0.25, -0.2) is 0 Å². The van der Waals surface area contributed by atoms with Crippen LogP contribution in [0.25, 0.3) is 0 Å². The Morgan fingerprint density at radius 3 is 2.71 bits per heavy atom. The van der Waals surface area contributed by atoms with Gasteiger partial charge in [-0.05, 0) is 11.4 Å². The number of likely N-dealkylation sites (N-methyl/N-ethyl adjacent to an activating group) is 1. The Balaban J connectivity index is 2.27. The Hall–Kier alpha value is -3.01. The summed E-state index contributed by atoms with van der Waals surface area (Å²) < 4.78 is 0.825. The molecule has 0 saturated heterocycles. The smallest absolute Gasteiger partial charge is 0.286 e. The summed E-state index contributed by atoms with van der Waals surface area (Å²) in [4.78, 5) is 48.1. The molecule has 2 aromatic rings. The fourth-order valence-corrected chi connectivity index (χ4v) is 2.76. The quantitative estimate of drug-likeness (QED) is 0.602. The Labute approximate surface area is 140 Å². The maximum atomic E-state index is 12.2. The number of rotatable bonds is 6. The molecule has 0 saturated carbocycles. The van der Waals surface area contributed by atoms with Gasteiger partial charge in [-0.2, -0.15) is 0 Å². The number of thiophene rings is 1. The normalized spacial score (nSPS) is 10.4. The fraction of sp³-hybridized carbons (Fsp3) is 0.214. The van der Waals surface area contributed by atoms with Gasteiger partial charge in [-0.1, -0.05) is 6.07 Å². The average molecular weight is 350 g/mol. The maximum Gasteiger partial charge on any atom is 0.286 e. The molecule has 0 fully saturated rings. The summed E-state index contributed by atoms with van der Waals surface area (Å²) in [5.41, 5.74) is 3.20. The first-order valence-corrected chi connectivity index (χ1v) is 7.62. The highest BCUT2D eigenvalue weighted by Crippen LogP contribution is 2.12. The van der Waals surface area contributed by atoms with Crippen molar-refractivity contribution >= 4 is 28.8 Å². The largest absolute Gasteiger partial charge is 0.365 e. The van der Waals surface area contributed by atoms with Crippen molar-refractivity contribution in [3.05, 3.63) is 60.7 Å². The van der Waals surface area contributed by atoms with Crippen LogP contribution in [0, 0.1) is 10.1 Å². The van der Waals surface area contributed by atoms with Crippen molar-refractivity contribution < 1.29 is 14.5 Å². The first kappa shape index (κ1) is 17.3. The van der Waals surface area contributed by atoms with E-state index < -0.39 is 40.1 Å². The van der Waals surface area contributed by atoms with Crippen LogP contribution in [-0.2, 0) is 17.9 Å². The minimum atomic E-state index is -1.09. The molecule has 0 radical (unpaired) electrons. The number of pyridine rings is 1. The highest BCUT2D eigenvalue weighted by atomic mass is 32.1. The lowest BCUT2D eigenvalue weighted by atomic mass is 10.2. The van der Waals surface area contributed by atoms with Crippen LogP contribution in [0.15, 0.2) is 34.6 Å². The van der Waals surface area contributed by atoms with Crippen LogP contribution in [0.2, 0.25) is 0 Å². The first-order chi connectivity index (χ1) is 11.3.